The largest absolute Gasteiger partial charge is 0.416 e. The first kappa shape index (κ1) is 28.7. The second kappa shape index (κ2) is 10.7. The van der Waals surface area contributed by atoms with Gasteiger partial charge in [0, 0.05) is 5.69 Å². The van der Waals surface area contributed by atoms with Crippen molar-refractivity contribution in [2.75, 3.05) is 9.03 Å². The number of alkyl halides is 3. The third kappa shape index (κ3) is 5.67. The van der Waals surface area contributed by atoms with E-state index in [4.69, 9.17) is 0 Å². The van der Waals surface area contributed by atoms with Gasteiger partial charge >= 0.3 is 6.18 Å². The molecule has 208 valence electrons. The van der Waals surface area contributed by atoms with E-state index in [0.717, 1.165) is 30.3 Å². The van der Waals surface area contributed by atoms with Crippen molar-refractivity contribution in [2.24, 2.45) is 0 Å². The second-order valence-corrected chi connectivity index (χ2v) is 12.0. The summed E-state index contributed by atoms with van der Waals surface area (Å²) in [6.45, 7) is 0. The molecular formula is C26H17F5N2O5S2. The molecule has 0 fully saturated rings. The minimum Gasteiger partial charge on any atom is -0.322 e. The first-order valence-electron chi connectivity index (χ1n) is 11.1. The summed E-state index contributed by atoms with van der Waals surface area (Å²) in [5.41, 5.74) is -3.79. The first-order chi connectivity index (χ1) is 18.7. The number of hydrogen-bond donors (Lipinski definition) is 1. The highest BCUT2D eigenvalue weighted by Crippen LogP contribution is 2.35. The normalized spacial score (nSPS) is 12.1. The monoisotopic (exact) mass is 596 g/mol. The van der Waals surface area contributed by atoms with Crippen LogP contribution >= 0.6 is 0 Å². The number of halogens is 5. The third-order valence-electron chi connectivity index (χ3n) is 5.46. The molecule has 0 aliphatic rings. The third-order valence-corrected chi connectivity index (χ3v) is 9.64. The van der Waals surface area contributed by atoms with Gasteiger partial charge in [-0.15, -0.1) is 0 Å². The number of carbonyl (C=O) groups excluding carboxylic acids is 1. The Morgan fingerprint density at radius 3 is 1.68 bits per heavy atom. The number of amides is 1. The molecule has 14 heteroatoms. The fourth-order valence-corrected chi connectivity index (χ4v) is 7.30. The van der Waals surface area contributed by atoms with Crippen molar-refractivity contribution in [3.8, 4) is 0 Å². The maximum Gasteiger partial charge on any atom is 0.416 e. The predicted molar refractivity (Wildman–Crippen MR) is 135 cm³/mol. The molecule has 7 nitrogen and oxygen atoms in total. The Morgan fingerprint density at radius 2 is 1.18 bits per heavy atom. The lowest BCUT2D eigenvalue weighted by molar-refractivity contribution is -0.137. The zero-order valence-electron chi connectivity index (χ0n) is 19.9. The van der Waals surface area contributed by atoms with Gasteiger partial charge in [0.2, 0.25) is 0 Å². The summed E-state index contributed by atoms with van der Waals surface area (Å²) in [6, 6.07) is 15.9. The highest BCUT2D eigenvalue weighted by atomic mass is 32.3. The van der Waals surface area contributed by atoms with Crippen molar-refractivity contribution in [2.45, 2.75) is 16.0 Å². The van der Waals surface area contributed by atoms with Crippen LogP contribution in [0.3, 0.4) is 0 Å². The molecule has 0 aliphatic carbocycles. The van der Waals surface area contributed by atoms with Crippen molar-refractivity contribution in [1.82, 2.24) is 0 Å². The molecule has 0 heterocycles. The van der Waals surface area contributed by atoms with E-state index in [1.807, 2.05) is 0 Å². The van der Waals surface area contributed by atoms with Crippen LogP contribution in [0.5, 0.6) is 0 Å². The topological polar surface area (TPSA) is 101 Å². The van der Waals surface area contributed by atoms with Gasteiger partial charge in [0.15, 0.2) is 0 Å². The highest BCUT2D eigenvalue weighted by Gasteiger charge is 2.39. The molecular weight excluding hydrogens is 579 g/mol. The van der Waals surface area contributed by atoms with E-state index in [2.05, 4.69) is 5.32 Å². The van der Waals surface area contributed by atoms with Gasteiger partial charge < -0.3 is 5.32 Å². The van der Waals surface area contributed by atoms with Crippen LogP contribution in [-0.4, -0.2) is 22.7 Å². The lowest BCUT2D eigenvalue weighted by Gasteiger charge is -2.25. The SMILES string of the molecule is O=C(Nc1ccc(F)c(N(S(=O)(=O)c2ccccc2)S(=O)(=O)c2ccccc2)c1)c1cc(C(F)(F)F)ccc1F. The van der Waals surface area contributed by atoms with Gasteiger partial charge in [-0.05, 0) is 60.7 Å². The lowest BCUT2D eigenvalue weighted by Crippen LogP contribution is -2.37. The minimum absolute atomic E-state index is 0.152. The van der Waals surface area contributed by atoms with Gasteiger partial charge in [0.05, 0.1) is 20.9 Å². The molecule has 0 aliphatic heterocycles. The Hall–Kier alpha value is -4.30. The summed E-state index contributed by atoms with van der Waals surface area (Å²) < 4.78 is 123. The van der Waals surface area contributed by atoms with E-state index >= 15 is 4.39 Å². The molecule has 0 aromatic heterocycles. The molecule has 4 aromatic rings. The number of anilines is 2. The molecule has 0 bridgehead atoms. The van der Waals surface area contributed by atoms with Crippen LogP contribution in [0, 0.1) is 11.6 Å². The van der Waals surface area contributed by atoms with E-state index in [9.17, 15) is 39.2 Å². The van der Waals surface area contributed by atoms with Gasteiger partial charge in [-0.25, -0.2) is 25.6 Å². The number of benzene rings is 4. The van der Waals surface area contributed by atoms with Crippen LogP contribution in [0.2, 0.25) is 0 Å². The molecule has 4 aromatic carbocycles. The maximum absolute atomic E-state index is 15.2. The predicted octanol–water partition coefficient (Wildman–Crippen LogP) is 5.82. The molecule has 0 saturated carbocycles. The van der Waals surface area contributed by atoms with Crippen LogP contribution in [-0.2, 0) is 26.2 Å². The van der Waals surface area contributed by atoms with Crippen molar-refractivity contribution in [1.29, 1.82) is 0 Å². The van der Waals surface area contributed by atoms with E-state index in [1.54, 1.807) is 0 Å². The Labute approximate surface area is 225 Å². The maximum atomic E-state index is 15.2. The van der Waals surface area contributed by atoms with E-state index in [0.29, 0.717) is 24.3 Å². The Balaban J connectivity index is 1.84. The van der Waals surface area contributed by atoms with Gasteiger partial charge in [-0.1, -0.05) is 36.4 Å². The zero-order chi connectivity index (χ0) is 29.3. The van der Waals surface area contributed by atoms with Gasteiger partial charge in [0.1, 0.15) is 17.3 Å². The quantitative estimate of drug-likeness (QED) is 0.271. The van der Waals surface area contributed by atoms with Gasteiger partial charge in [-0.3, -0.25) is 4.79 Å². The molecule has 0 atom stereocenters. The molecule has 0 saturated heterocycles. The Bertz CT molecular complexity index is 1710. The second-order valence-electron chi connectivity index (χ2n) is 8.15. The van der Waals surface area contributed by atoms with E-state index in [1.165, 1.54) is 36.4 Å². The Morgan fingerprint density at radius 1 is 0.675 bits per heavy atom. The molecule has 40 heavy (non-hydrogen) atoms. The summed E-state index contributed by atoms with van der Waals surface area (Å²) >= 11 is 0. The number of rotatable bonds is 7. The highest BCUT2D eigenvalue weighted by molar-refractivity contribution is 8.10. The smallest absolute Gasteiger partial charge is 0.322 e. The standard InChI is InChI=1S/C26H17F5N2O5S2/c27-22-13-11-17(26(29,30)31)15-21(22)25(34)32-18-12-14-23(28)24(16-18)33(39(35,36)19-7-3-1-4-8-19)40(37,38)20-9-5-2-6-10-20/h1-16H,(H,32,34). The van der Waals surface area contributed by atoms with Crippen molar-refractivity contribution < 1.29 is 43.6 Å². The number of nitrogens with one attached hydrogen (secondary N) is 1. The van der Waals surface area contributed by atoms with Gasteiger partial charge in [-0.2, -0.15) is 16.9 Å². The number of carbonyl (C=O) groups is 1. The molecule has 4 rings (SSSR count). The molecule has 0 radical (unpaired) electrons. The fraction of sp³-hybridized carbons (Fsp3) is 0.0385. The van der Waals surface area contributed by atoms with Crippen LogP contribution in [0.15, 0.2) is 107 Å². The Kier molecular flexibility index (Phi) is 7.67. The summed E-state index contributed by atoms with van der Waals surface area (Å²) in [5, 5.41) is 2.05. The molecule has 0 spiro atoms. The van der Waals surface area contributed by atoms with Gasteiger partial charge in [0.25, 0.3) is 26.0 Å². The average molecular weight is 597 g/mol. The average Bonchev–Trinajstić information content (AvgIpc) is 2.91. The fourth-order valence-electron chi connectivity index (χ4n) is 3.57. The van der Waals surface area contributed by atoms with Crippen molar-refractivity contribution in [3.63, 3.8) is 0 Å². The molecule has 1 N–H and O–H groups in total. The van der Waals surface area contributed by atoms with Crippen molar-refractivity contribution >= 4 is 37.3 Å². The number of hydrogen-bond acceptors (Lipinski definition) is 5. The van der Waals surface area contributed by atoms with Crippen molar-refractivity contribution in [3.05, 3.63) is 120 Å². The van der Waals surface area contributed by atoms with E-state index in [-0.39, 0.29) is 9.78 Å². The van der Waals surface area contributed by atoms with Crippen LogP contribution in [0.4, 0.5) is 33.3 Å². The van der Waals surface area contributed by atoms with Crippen LogP contribution in [0.1, 0.15) is 15.9 Å². The number of sulfonamides is 2. The summed E-state index contributed by atoms with van der Waals surface area (Å²) in [4.78, 5) is 11.6. The first-order valence-corrected chi connectivity index (χ1v) is 14.0. The minimum atomic E-state index is -5.00. The van der Waals surface area contributed by atoms with E-state index < -0.39 is 76.1 Å². The number of nitrogens with zero attached hydrogens (tertiary/aromatic N) is 1. The molecule has 0 unspecified atom stereocenters. The summed E-state index contributed by atoms with van der Waals surface area (Å²) in [5.74, 6) is -4.01. The summed E-state index contributed by atoms with van der Waals surface area (Å²) in [6.07, 6.45) is -4.89. The van der Waals surface area contributed by atoms with Crippen LogP contribution in [0.25, 0.3) is 0 Å². The lowest BCUT2D eigenvalue weighted by atomic mass is 10.1. The zero-order valence-corrected chi connectivity index (χ0v) is 21.6. The summed E-state index contributed by atoms with van der Waals surface area (Å²) in [7, 11) is -10.0. The molecule has 1 amide bonds. The van der Waals surface area contributed by atoms with Crippen LogP contribution < -0.4 is 9.03 Å².